The van der Waals surface area contributed by atoms with Gasteiger partial charge in [0.1, 0.15) is 5.75 Å². The van der Waals surface area contributed by atoms with Crippen molar-refractivity contribution in [3.8, 4) is 5.75 Å². The summed E-state index contributed by atoms with van der Waals surface area (Å²) in [5.41, 5.74) is 7.87. The normalized spacial score (nSPS) is 12.0. The van der Waals surface area contributed by atoms with Gasteiger partial charge < -0.3 is 15.2 Å². The second-order valence-corrected chi connectivity index (χ2v) is 5.11. The summed E-state index contributed by atoms with van der Waals surface area (Å²) in [6, 6.07) is 5.96. The van der Waals surface area contributed by atoms with Crippen LogP contribution in [0.2, 0.25) is 0 Å². The minimum Gasteiger partial charge on any atom is -0.481 e. The van der Waals surface area contributed by atoms with Crippen LogP contribution in [-0.2, 0) is 16.0 Å². The number of nitrogens with two attached hydrogens (primary N) is 1. The van der Waals surface area contributed by atoms with Crippen LogP contribution in [0.15, 0.2) is 18.2 Å². The lowest BCUT2D eigenvalue weighted by molar-refractivity contribution is -0.146. The van der Waals surface area contributed by atoms with E-state index in [2.05, 4.69) is 6.92 Å². The van der Waals surface area contributed by atoms with Gasteiger partial charge in [-0.25, -0.2) is 4.79 Å². The van der Waals surface area contributed by atoms with Crippen molar-refractivity contribution in [3.63, 3.8) is 0 Å². The number of esters is 1. The molecule has 0 saturated heterocycles. The molecule has 20 heavy (non-hydrogen) atoms. The van der Waals surface area contributed by atoms with E-state index in [1.165, 1.54) is 0 Å². The minimum atomic E-state index is -0.326. The summed E-state index contributed by atoms with van der Waals surface area (Å²) in [5, 5.41) is 0. The Kier molecular flexibility index (Phi) is 7.09. The van der Waals surface area contributed by atoms with Crippen molar-refractivity contribution in [2.75, 3.05) is 13.2 Å². The first-order valence-corrected chi connectivity index (χ1v) is 7.17. The van der Waals surface area contributed by atoms with E-state index in [9.17, 15) is 4.79 Å². The Morgan fingerprint density at radius 3 is 2.80 bits per heavy atom. The number of para-hydroxylation sites is 1. The summed E-state index contributed by atoms with van der Waals surface area (Å²) < 4.78 is 10.7. The lowest BCUT2D eigenvalue weighted by atomic mass is 10.0. The van der Waals surface area contributed by atoms with E-state index in [1.807, 2.05) is 32.0 Å². The topological polar surface area (TPSA) is 61.5 Å². The van der Waals surface area contributed by atoms with E-state index < -0.39 is 0 Å². The first-order valence-electron chi connectivity index (χ1n) is 7.17. The molecule has 0 bridgehead atoms. The molecular formula is C16H25NO3. The number of unbranched alkanes of at least 4 members (excludes halogenated alkanes) is 1. The number of aryl methyl sites for hydroxylation is 1. The average molecular weight is 279 g/mol. The third-order valence-corrected chi connectivity index (χ3v) is 2.93. The van der Waals surface area contributed by atoms with E-state index in [0.29, 0.717) is 6.61 Å². The maximum absolute atomic E-state index is 11.6. The van der Waals surface area contributed by atoms with Crippen LogP contribution in [0.1, 0.15) is 37.8 Å². The van der Waals surface area contributed by atoms with Crippen LogP contribution in [-0.4, -0.2) is 25.2 Å². The van der Waals surface area contributed by atoms with Gasteiger partial charge in [-0.05, 0) is 37.8 Å². The average Bonchev–Trinajstić information content (AvgIpc) is 2.37. The Morgan fingerprint density at radius 2 is 2.15 bits per heavy atom. The Morgan fingerprint density at radius 1 is 1.40 bits per heavy atom. The van der Waals surface area contributed by atoms with Crippen molar-refractivity contribution in [2.45, 2.75) is 46.1 Å². The first kappa shape index (κ1) is 16.5. The highest BCUT2D eigenvalue weighted by Crippen LogP contribution is 2.24. The lowest BCUT2D eigenvalue weighted by Gasteiger charge is -2.15. The molecule has 0 fully saturated rings. The maximum atomic E-state index is 11.6. The molecule has 1 aromatic carbocycles. The second kappa shape index (κ2) is 8.59. The number of carbonyl (C=O) groups excluding carboxylic acids is 1. The standard InChI is InChI=1S/C16H25NO3/c1-4-5-9-19-15(18)11-20-16-12(2)7-6-8-14(16)10-13(3)17/h6-8,13H,4-5,9-11,17H2,1-3H3. The van der Waals surface area contributed by atoms with Crippen LogP contribution in [0, 0.1) is 6.92 Å². The highest BCUT2D eigenvalue weighted by Gasteiger charge is 2.11. The Labute approximate surface area is 121 Å². The van der Waals surface area contributed by atoms with E-state index in [0.717, 1.165) is 36.1 Å². The molecule has 0 aliphatic carbocycles. The number of ether oxygens (including phenoxy) is 2. The van der Waals surface area contributed by atoms with Crippen LogP contribution in [0.25, 0.3) is 0 Å². The predicted octanol–water partition coefficient (Wildman–Crippen LogP) is 2.61. The third kappa shape index (κ3) is 5.61. The molecule has 4 heteroatoms. The van der Waals surface area contributed by atoms with Crippen molar-refractivity contribution in [1.29, 1.82) is 0 Å². The van der Waals surface area contributed by atoms with Gasteiger partial charge in [-0.1, -0.05) is 31.5 Å². The van der Waals surface area contributed by atoms with E-state index in [-0.39, 0.29) is 18.6 Å². The van der Waals surface area contributed by atoms with Gasteiger partial charge in [0, 0.05) is 6.04 Å². The summed E-state index contributed by atoms with van der Waals surface area (Å²) in [7, 11) is 0. The molecule has 4 nitrogen and oxygen atoms in total. The number of hydrogen-bond acceptors (Lipinski definition) is 4. The van der Waals surface area contributed by atoms with Crippen molar-refractivity contribution >= 4 is 5.97 Å². The molecule has 0 aliphatic heterocycles. The zero-order valence-electron chi connectivity index (χ0n) is 12.6. The molecule has 112 valence electrons. The van der Waals surface area contributed by atoms with Crippen LogP contribution < -0.4 is 10.5 Å². The van der Waals surface area contributed by atoms with Gasteiger partial charge >= 0.3 is 5.97 Å². The van der Waals surface area contributed by atoms with Gasteiger partial charge in [0.25, 0.3) is 0 Å². The van der Waals surface area contributed by atoms with Crippen molar-refractivity contribution in [1.82, 2.24) is 0 Å². The van der Waals surface area contributed by atoms with Gasteiger partial charge in [-0.3, -0.25) is 0 Å². The van der Waals surface area contributed by atoms with Crippen molar-refractivity contribution in [3.05, 3.63) is 29.3 Å². The minimum absolute atomic E-state index is 0.0515. The monoisotopic (exact) mass is 279 g/mol. The Balaban J connectivity index is 2.60. The summed E-state index contributed by atoms with van der Waals surface area (Å²) in [6.45, 7) is 6.37. The largest absolute Gasteiger partial charge is 0.481 e. The van der Waals surface area contributed by atoms with Gasteiger partial charge in [0.05, 0.1) is 6.61 Å². The van der Waals surface area contributed by atoms with E-state index >= 15 is 0 Å². The third-order valence-electron chi connectivity index (χ3n) is 2.93. The quantitative estimate of drug-likeness (QED) is 0.587. The molecule has 2 N–H and O–H groups in total. The zero-order valence-corrected chi connectivity index (χ0v) is 12.6. The molecular weight excluding hydrogens is 254 g/mol. The van der Waals surface area contributed by atoms with Gasteiger partial charge in [-0.15, -0.1) is 0 Å². The lowest BCUT2D eigenvalue weighted by Crippen LogP contribution is -2.20. The highest BCUT2D eigenvalue weighted by atomic mass is 16.6. The fourth-order valence-corrected chi connectivity index (χ4v) is 1.93. The second-order valence-electron chi connectivity index (χ2n) is 5.11. The van der Waals surface area contributed by atoms with Crippen molar-refractivity contribution < 1.29 is 14.3 Å². The van der Waals surface area contributed by atoms with E-state index in [4.69, 9.17) is 15.2 Å². The molecule has 1 atom stereocenters. The van der Waals surface area contributed by atoms with Crippen LogP contribution in [0.4, 0.5) is 0 Å². The van der Waals surface area contributed by atoms with Gasteiger partial charge in [0.15, 0.2) is 6.61 Å². The maximum Gasteiger partial charge on any atom is 0.344 e. The van der Waals surface area contributed by atoms with Crippen molar-refractivity contribution in [2.24, 2.45) is 5.73 Å². The SMILES string of the molecule is CCCCOC(=O)COc1c(C)cccc1CC(C)N. The molecule has 0 spiro atoms. The molecule has 0 aromatic heterocycles. The summed E-state index contributed by atoms with van der Waals surface area (Å²) >= 11 is 0. The van der Waals surface area contributed by atoms with Crippen LogP contribution in [0.5, 0.6) is 5.75 Å². The summed E-state index contributed by atoms with van der Waals surface area (Å²) in [5.74, 6) is 0.422. The molecule has 0 heterocycles. The Hall–Kier alpha value is -1.55. The predicted molar refractivity (Wildman–Crippen MR) is 79.9 cm³/mol. The van der Waals surface area contributed by atoms with Gasteiger partial charge in [0.2, 0.25) is 0 Å². The van der Waals surface area contributed by atoms with Crippen LogP contribution in [0.3, 0.4) is 0 Å². The molecule has 0 saturated carbocycles. The molecule has 1 rings (SSSR count). The number of hydrogen-bond donors (Lipinski definition) is 1. The number of benzene rings is 1. The van der Waals surface area contributed by atoms with Crippen LogP contribution >= 0.6 is 0 Å². The zero-order chi connectivity index (χ0) is 15.0. The molecule has 1 unspecified atom stereocenters. The summed E-state index contributed by atoms with van der Waals surface area (Å²) in [6.07, 6.45) is 2.61. The molecule has 0 radical (unpaired) electrons. The Bertz CT molecular complexity index is 430. The van der Waals surface area contributed by atoms with Gasteiger partial charge in [-0.2, -0.15) is 0 Å². The molecule has 0 amide bonds. The number of rotatable bonds is 8. The summed E-state index contributed by atoms with van der Waals surface area (Å²) in [4.78, 5) is 11.6. The fourth-order valence-electron chi connectivity index (χ4n) is 1.93. The fraction of sp³-hybridized carbons (Fsp3) is 0.562. The smallest absolute Gasteiger partial charge is 0.344 e. The first-order chi connectivity index (χ1) is 9.54. The highest BCUT2D eigenvalue weighted by molar-refractivity contribution is 5.71. The molecule has 0 aliphatic rings. The molecule has 1 aromatic rings. The number of carbonyl (C=O) groups is 1. The van der Waals surface area contributed by atoms with E-state index in [1.54, 1.807) is 0 Å².